The molecule has 5 heteroatoms. The van der Waals surface area contributed by atoms with Crippen LogP contribution in [0.1, 0.15) is 19.4 Å². The molecule has 17 heavy (non-hydrogen) atoms. The summed E-state index contributed by atoms with van der Waals surface area (Å²) in [7, 11) is 1.93. The van der Waals surface area contributed by atoms with Crippen molar-refractivity contribution >= 4 is 40.5 Å². The van der Waals surface area contributed by atoms with E-state index >= 15 is 0 Å². The Kier molecular flexibility index (Phi) is 5.50. The van der Waals surface area contributed by atoms with Crippen molar-refractivity contribution in [2.24, 2.45) is 0 Å². The van der Waals surface area contributed by atoms with Crippen LogP contribution in [-0.4, -0.2) is 23.1 Å². The lowest BCUT2D eigenvalue weighted by Crippen LogP contribution is -2.40. The minimum atomic E-state index is 0.319. The third-order valence-electron chi connectivity index (χ3n) is 2.20. The van der Waals surface area contributed by atoms with Crippen LogP contribution in [-0.2, 0) is 6.54 Å². The van der Waals surface area contributed by atoms with Crippen LogP contribution in [0.25, 0.3) is 0 Å². The van der Waals surface area contributed by atoms with Gasteiger partial charge in [0.1, 0.15) is 0 Å². The molecule has 0 aliphatic heterocycles. The first-order valence-corrected chi connectivity index (χ1v) is 6.52. The van der Waals surface area contributed by atoms with Crippen LogP contribution in [0, 0.1) is 0 Å². The van der Waals surface area contributed by atoms with Gasteiger partial charge in [0, 0.05) is 19.6 Å². The first-order chi connectivity index (χ1) is 7.91. The summed E-state index contributed by atoms with van der Waals surface area (Å²) in [6.45, 7) is 4.73. The monoisotopic (exact) mass is 290 g/mol. The molecular formula is C12H16Cl2N2S. The highest BCUT2D eigenvalue weighted by atomic mass is 35.5. The first-order valence-electron chi connectivity index (χ1n) is 5.36. The van der Waals surface area contributed by atoms with E-state index in [0.717, 1.165) is 5.56 Å². The lowest BCUT2D eigenvalue weighted by molar-refractivity contribution is 0.481. The Hall–Kier alpha value is -0.510. The summed E-state index contributed by atoms with van der Waals surface area (Å²) < 4.78 is 0. The van der Waals surface area contributed by atoms with E-state index in [1.165, 1.54) is 0 Å². The molecule has 0 amide bonds. The molecule has 1 aromatic carbocycles. The van der Waals surface area contributed by atoms with Gasteiger partial charge < -0.3 is 10.2 Å². The molecule has 0 radical (unpaired) electrons. The van der Waals surface area contributed by atoms with E-state index in [-0.39, 0.29) is 0 Å². The van der Waals surface area contributed by atoms with Gasteiger partial charge in [0.05, 0.1) is 10.0 Å². The van der Waals surface area contributed by atoms with Gasteiger partial charge in [0.25, 0.3) is 0 Å². The highest BCUT2D eigenvalue weighted by molar-refractivity contribution is 7.80. The number of rotatable bonds is 3. The van der Waals surface area contributed by atoms with Crippen molar-refractivity contribution < 1.29 is 0 Å². The number of hydrogen-bond acceptors (Lipinski definition) is 1. The molecule has 1 aromatic rings. The fraction of sp³-hybridized carbons (Fsp3) is 0.417. The molecule has 0 aliphatic carbocycles. The van der Waals surface area contributed by atoms with Crippen molar-refractivity contribution in [3.05, 3.63) is 33.8 Å². The Morgan fingerprint density at radius 2 is 2.06 bits per heavy atom. The number of nitrogens with zero attached hydrogens (tertiary/aromatic N) is 1. The summed E-state index contributed by atoms with van der Waals surface area (Å²) in [5, 5.41) is 5.04. The molecule has 0 saturated heterocycles. The van der Waals surface area contributed by atoms with Crippen LogP contribution < -0.4 is 5.32 Å². The van der Waals surface area contributed by atoms with Gasteiger partial charge in [-0.3, -0.25) is 0 Å². The number of halogens is 2. The molecule has 0 aromatic heterocycles. The zero-order valence-electron chi connectivity index (χ0n) is 10.1. The molecule has 0 atom stereocenters. The summed E-state index contributed by atoms with van der Waals surface area (Å²) in [4.78, 5) is 1.94. The molecule has 0 aliphatic rings. The molecule has 2 nitrogen and oxygen atoms in total. The normalized spacial score (nSPS) is 10.5. The average molecular weight is 291 g/mol. The third kappa shape index (κ3) is 4.34. The minimum absolute atomic E-state index is 0.319. The first kappa shape index (κ1) is 14.6. The Balaban J connectivity index is 2.71. The molecule has 1 rings (SSSR count). The van der Waals surface area contributed by atoms with Crippen molar-refractivity contribution in [1.82, 2.24) is 10.2 Å². The second kappa shape index (κ2) is 6.43. The van der Waals surface area contributed by atoms with Crippen LogP contribution in [0.3, 0.4) is 0 Å². The zero-order chi connectivity index (χ0) is 13.0. The fourth-order valence-corrected chi connectivity index (χ4v) is 2.04. The van der Waals surface area contributed by atoms with Crippen LogP contribution >= 0.6 is 35.4 Å². The van der Waals surface area contributed by atoms with Gasteiger partial charge in [-0.2, -0.15) is 0 Å². The molecular weight excluding hydrogens is 275 g/mol. The Morgan fingerprint density at radius 1 is 1.41 bits per heavy atom. The second-order valence-electron chi connectivity index (χ2n) is 4.17. The van der Waals surface area contributed by atoms with Crippen molar-refractivity contribution in [1.29, 1.82) is 0 Å². The van der Waals surface area contributed by atoms with Crippen molar-refractivity contribution in [3.63, 3.8) is 0 Å². The van der Waals surface area contributed by atoms with E-state index in [1.54, 1.807) is 6.07 Å². The van der Waals surface area contributed by atoms with E-state index in [4.69, 9.17) is 35.4 Å². The van der Waals surface area contributed by atoms with Crippen molar-refractivity contribution in [3.8, 4) is 0 Å². The lowest BCUT2D eigenvalue weighted by Gasteiger charge is -2.23. The Morgan fingerprint density at radius 3 is 2.65 bits per heavy atom. The number of benzene rings is 1. The fourth-order valence-electron chi connectivity index (χ4n) is 1.36. The van der Waals surface area contributed by atoms with E-state index in [9.17, 15) is 0 Å². The van der Waals surface area contributed by atoms with Crippen molar-refractivity contribution in [2.75, 3.05) is 7.05 Å². The van der Waals surface area contributed by atoms with E-state index in [0.29, 0.717) is 27.7 Å². The molecule has 0 fully saturated rings. The maximum Gasteiger partial charge on any atom is 0.169 e. The second-order valence-corrected chi connectivity index (χ2v) is 5.35. The van der Waals surface area contributed by atoms with Crippen LogP contribution in [0.15, 0.2) is 18.2 Å². The molecule has 0 spiro atoms. The van der Waals surface area contributed by atoms with Gasteiger partial charge in [0.15, 0.2) is 5.11 Å². The van der Waals surface area contributed by atoms with Gasteiger partial charge in [-0.1, -0.05) is 35.3 Å². The predicted octanol–water partition coefficient (Wildman–Crippen LogP) is 3.71. The Labute approximate surface area is 118 Å². The molecule has 1 N–H and O–H groups in total. The minimum Gasteiger partial charge on any atom is -0.360 e. The molecule has 0 unspecified atom stereocenters. The maximum atomic E-state index is 6.13. The van der Waals surface area contributed by atoms with Gasteiger partial charge in [-0.25, -0.2) is 0 Å². The SMILES string of the molecule is CC(C)NC(=S)N(C)Cc1cccc(Cl)c1Cl. The van der Waals surface area contributed by atoms with Crippen LogP contribution in [0.5, 0.6) is 0 Å². The Bertz CT molecular complexity index is 407. The number of nitrogens with one attached hydrogen (secondary N) is 1. The van der Waals surface area contributed by atoms with E-state index in [2.05, 4.69) is 5.32 Å². The van der Waals surface area contributed by atoms with E-state index in [1.807, 2.05) is 37.9 Å². The molecule has 0 heterocycles. The zero-order valence-corrected chi connectivity index (χ0v) is 12.5. The van der Waals surface area contributed by atoms with Gasteiger partial charge >= 0.3 is 0 Å². The molecule has 0 bridgehead atoms. The third-order valence-corrected chi connectivity index (χ3v) is 3.49. The summed E-state index contributed by atoms with van der Waals surface area (Å²) in [6.07, 6.45) is 0. The number of hydrogen-bond donors (Lipinski definition) is 1. The summed E-state index contributed by atoms with van der Waals surface area (Å²) in [6, 6.07) is 5.93. The predicted molar refractivity (Wildman–Crippen MR) is 78.8 cm³/mol. The highest BCUT2D eigenvalue weighted by Gasteiger charge is 2.10. The van der Waals surface area contributed by atoms with Gasteiger partial charge in [0.2, 0.25) is 0 Å². The summed E-state index contributed by atoms with van der Waals surface area (Å²) >= 11 is 17.4. The number of thiocarbonyl (C=S) groups is 1. The smallest absolute Gasteiger partial charge is 0.169 e. The summed E-state index contributed by atoms with van der Waals surface area (Å²) in [5.74, 6) is 0. The average Bonchev–Trinajstić information content (AvgIpc) is 2.23. The van der Waals surface area contributed by atoms with Crippen LogP contribution in [0.2, 0.25) is 10.0 Å². The quantitative estimate of drug-likeness (QED) is 0.855. The molecule has 0 saturated carbocycles. The molecule has 94 valence electrons. The van der Waals surface area contributed by atoms with Crippen LogP contribution in [0.4, 0.5) is 0 Å². The van der Waals surface area contributed by atoms with Gasteiger partial charge in [-0.05, 0) is 37.7 Å². The summed E-state index contributed by atoms with van der Waals surface area (Å²) in [5.41, 5.74) is 0.967. The lowest BCUT2D eigenvalue weighted by atomic mass is 10.2. The standard InChI is InChI=1S/C12H16Cl2N2S/c1-8(2)15-12(17)16(3)7-9-5-4-6-10(13)11(9)14/h4-6,8H,7H2,1-3H3,(H,15,17). The highest BCUT2D eigenvalue weighted by Crippen LogP contribution is 2.26. The largest absolute Gasteiger partial charge is 0.360 e. The topological polar surface area (TPSA) is 15.3 Å². The maximum absolute atomic E-state index is 6.13. The van der Waals surface area contributed by atoms with Crippen molar-refractivity contribution in [2.45, 2.75) is 26.4 Å². The van der Waals surface area contributed by atoms with E-state index < -0.39 is 0 Å². The van der Waals surface area contributed by atoms with Gasteiger partial charge in [-0.15, -0.1) is 0 Å².